The quantitative estimate of drug-likeness (QED) is 0.834. The number of ether oxygens (including phenoxy) is 1. The van der Waals surface area contributed by atoms with Crippen molar-refractivity contribution in [3.63, 3.8) is 0 Å². The molecule has 0 aromatic heterocycles. The third kappa shape index (κ3) is 3.21. The maximum Gasteiger partial charge on any atom is 0.249 e. The van der Waals surface area contributed by atoms with E-state index in [9.17, 15) is 14.0 Å². The standard InChI is InChI=1S/C15H17FN2O3/c1-8(2)9-6-13(21-3)12(7-10(9)16)17-11-4-5-14(19)18-15(11)20/h6-7,11,17H,1,4-5H2,2-3H3,(H,18,19,20). The van der Waals surface area contributed by atoms with Crippen molar-refractivity contribution in [2.75, 3.05) is 12.4 Å². The monoisotopic (exact) mass is 292 g/mol. The summed E-state index contributed by atoms with van der Waals surface area (Å²) in [6.07, 6.45) is 0.607. The first-order valence-electron chi connectivity index (χ1n) is 6.56. The number of piperidine rings is 1. The van der Waals surface area contributed by atoms with E-state index in [1.165, 1.54) is 19.2 Å². The molecule has 2 amide bonds. The zero-order valence-corrected chi connectivity index (χ0v) is 12.0. The van der Waals surface area contributed by atoms with Gasteiger partial charge in [-0.3, -0.25) is 14.9 Å². The molecule has 1 heterocycles. The first kappa shape index (κ1) is 15.0. The fourth-order valence-electron chi connectivity index (χ4n) is 2.18. The molecule has 0 saturated carbocycles. The van der Waals surface area contributed by atoms with Gasteiger partial charge >= 0.3 is 0 Å². The summed E-state index contributed by atoms with van der Waals surface area (Å²) in [5.41, 5.74) is 1.31. The molecular formula is C15H17FN2O3. The lowest BCUT2D eigenvalue weighted by Gasteiger charge is -2.24. The second-order valence-electron chi connectivity index (χ2n) is 4.96. The lowest BCUT2D eigenvalue weighted by Crippen LogP contribution is -2.47. The van der Waals surface area contributed by atoms with Crippen LogP contribution in [-0.2, 0) is 9.59 Å². The van der Waals surface area contributed by atoms with E-state index in [-0.39, 0.29) is 12.3 Å². The van der Waals surface area contributed by atoms with Gasteiger partial charge in [-0.25, -0.2) is 4.39 Å². The van der Waals surface area contributed by atoms with Crippen LogP contribution in [0.15, 0.2) is 18.7 Å². The van der Waals surface area contributed by atoms with Crippen molar-refractivity contribution in [3.05, 3.63) is 30.1 Å². The molecule has 5 nitrogen and oxygen atoms in total. The normalized spacial score (nSPS) is 18.1. The van der Waals surface area contributed by atoms with Gasteiger partial charge in [0.05, 0.1) is 12.8 Å². The Morgan fingerprint density at radius 2 is 2.19 bits per heavy atom. The lowest BCUT2D eigenvalue weighted by molar-refractivity contribution is -0.133. The van der Waals surface area contributed by atoms with E-state index in [4.69, 9.17) is 4.74 Å². The second kappa shape index (κ2) is 5.95. The molecule has 21 heavy (non-hydrogen) atoms. The predicted molar refractivity (Wildman–Crippen MR) is 77.5 cm³/mol. The topological polar surface area (TPSA) is 67.4 Å². The van der Waals surface area contributed by atoms with Gasteiger partial charge in [0, 0.05) is 18.1 Å². The van der Waals surface area contributed by atoms with Crippen LogP contribution >= 0.6 is 0 Å². The lowest BCUT2D eigenvalue weighted by atomic mass is 10.0. The van der Waals surface area contributed by atoms with Gasteiger partial charge in [-0.1, -0.05) is 6.58 Å². The van der Waals surface area contributed by atoms with Gasteiger partial charge in [-0.2, -0.15) is 0 Å². The van der Waals surface area contributed by atoms with E-state index in [2.05, 4.69) is 17.2 Å². The highest BCUT2D eigenvalue weighted by atomic mass is 19.1. The van der Waals surface area contributed by atoms with Gasteiger partial charge in [0.2, 0.25) is 11.8 Å². The Kier molecular flexibility index (Phi) is 4.26. The third-order valence-corrected chi connectivity index (χ3v) is 3.32. The maximum atomic E-state index is 14.0. The number of carbonyl (C=O) groups excluding carboxylic acids is 2. The molecule has 0 radical (unpaired) electrons. The summed E-state index contributed by atoms with van der Waals surface area (Å²) >= 11 is 0. The first-order valence-corrected chi connectivity index (χ1v) is 6.56. The smallest absolute Gasteiger partial charge is 0.249 e. The van der Waals surface area contributed by atoms with Gasteiger partial charge in [0.1, 0.15) is 17.6 Å². The second-order valence-corrected chi connectivity index (χ2v) is 4.96. The van der Waals surface area contributed by atoms with Crippen LogP contribution in [0.2, 0.25) is 0 Å². The van der Waals surface area contributed by atoms with Crippen molar-refractivity contribution >= 4 is 23.1 Å². The number of carbonyl (C=O) groups is 2. The zero-order chi connectivity index (χ0) is 15.6. The molecule has 1 atom stereocenters. The summed E-state index contributed by atoms with van der Waals surface area (Å²) < 4.78 is 19.2. The fourth-order valence-corrected chi connectivity index (χ4v) is 2.18. The van der Waals surface area contributed by atoms with E-state index in [0.29, 0.717) is 29.0 Å². The minimum absolute atomic E-state index is 0.248. The molecule has 1 aromatic rings. The number of nitrogens with one attached hydrogen (secondary N) is 2. The number of amides is 2. The van der Waals surface area contributed by atoms with Crippen LogP contribution in [0.4, 0.5) is 10.1 Å². The molecule has 0 aliphatic carbocycles. The van der Waals surface area contributed by atoms with Crippen molar-refractivity contribution in [3.8, 4) is 5.75 Å². The molecule has 1 fully saturated rings. The molecule has 1 saturated heterocycles. The molecule has 112 valence electrons. The Morgan fingerprint density at radius 3 is 2.76 bits per heavy atom. The van der Waals surface area contributed by atoms with Crippen molar-refractivity contribution in [1.82, 2.24) is 5.32 Å². The molecule has 2 rings (SSSR count). The van der Waals surface area contributed by atoms with Crippen LogP contribution in [0.3, 0.4) is 0 Å². The molecule has 1 aliphatic rings. The molecule has 2 N–H and O–H groups in total. The summed E-state index contributed by atoms with van der Waals surface area (Å²) in [6, 6.07) is 2.21. The number of halogens is 1. The summed E-state index contributed by atoms with van der Waals surface area (Å²) in [5, 5.41) is 5.16. The minimum Gasteiger partial charge on any atom is -0.495 e. The number of anilines is 1. The van der Waals surface area contributed by atoms with Crippen LogP contribution in [0.5, 0.6) is 5.75 Å². The molecule has 0 spiro atoms. The van der Waals surface area contributed by atoms with Crippen molar-refractivity contribution in [2.24, 2.45) is 0 Å². The van der Waals surface area contributed by atoms with Gasteiger partial charge in [-0.15, -0.1) is 0 Å². The Balaban J connectivity index is 2.27. The largest absolute Gasteiger partial charge is 0.495 e. The number of methoxy groups -OCH3 is 1. The number of hydrogen-bond donors (Lipinski definition) is 2. The summed E-state index contributed by atoms with van der Waals surface area (Å²) in [7, 11) is 1.46. The Bertz CT molecular complexity index is 613. The number of imide groups is 1. The van der Waals surface area contributed by atoms with E-state index in [1.54, 1.807) is 6.92 Å². The number of hydrogen-bond acceptors (Lipinski definition) is 4. The third-order valence-electron chi connectivity index (χ3n) is 3.32. The van der Waals surface area contributed by atoms with Crippen LogP contribution < -0.4 is 15.4 Å². The van der Waals surface area contributed by atoms with Crippen LogP contribution in [-0.4, -0.2) is 25.0 Å². The van der Waals surface area contributed by atoms with E-state index < -0.39 is 17.8 Å². The summed E-state index contributed by atoms with van der Waals surface area (Å²) in [6.45, 7) is 5.41. The Hall–Kier alpha value is -2.37. The van der Waals surface area contributed by atoms with Gasteiger partial charge in [-0.05, 0) is 25.0 Å². The van der Waals surface area contributed by atoms with Gasteiger partial charge in [0.25, 0.3) is 0 Å². The van der Waals surface area contributed by atoms with Gasteiger partial charge in [0.15, 0.2) is 0 Å². The van der Waals surface area contributed by atoms with Crippen LogP contribution in [0, 0.1) is 5.82 Å². The number of allylic oxidation sites excluding steroid dienone is 1. The van der Waals surface area contributed by atoms with Crippen LogP contribution in [0.1, 0.15) is 25.3 Å². The number of rotatable bonds is 4. The SMILES string of the molecule is C=C(C)c1cc(OC)c(NC2CCC(=O)NC2=O)cc1F. The highest BCUT2D eigenvalue weighted by Gasteiger charge is 2.27. The highest BCUT2D eigenvalue weighted by Crippen LogP contribution is 2.31. The van der Waals surface area contributed by atoms with Crippen molar-refractivity contribution < 1.29 is 18.7 Å². The van der Waals surface area contributed by atoms with E-state index in [0.717, 1.165) is 0 Å². The Labute approximate surface area is 122 Å². The fraction of sp³-hybridized carbons (Fsp3) is 0.333. The van der Waals surface area contributed by atoms with Crippen molar-refractivity contribution in [2.45, 2.75) is 25.8 Å². The number of benzene rings is 1. The zero-order valence-electron chi connectivity index (χ0n) is 12.0. The summed E-state index contributed by atoms with van der Waals surface area (Å²) in [5.74, 6) is -0.747. The predicted octanol–water partition coefficient (Wildman–Crippen LogP) is 2.08. The average molecular weight is 292 g/mol. The maximum absolute atomic E-state index is 14.0. The molecule has 1 aromatic carbocycles. The van der Waals surface area contributed by atoms with Gasteiger partial charge < -0.3 is 10.1 Å². The molecule has 0 bridgehead atoms. The van der Waals surface area contributed by atoms with Crippen molar-refractivity contribution in [1.29, 1.82) is 0 Å². The average Bonchev–Trinajstić information content (AvgIpc) is 2.41. The Morgan fingerprint density at radius 1 is 1.48 bits per heavy atom. The van der Waals surface area contributed by atoms with Crippen LogP contribution in [0.25, 0.3) is 5.57 Å². The molecule has 1 unspecified atom stereocenters. The summed E-state index contributed by atoms with van der Waals surface area (Å²) in [4.78, 5) is 22.8. The van der Waals surface area contributed by atoms with E-state index >= 15 is 0 Å². The van der Waals surface area contributed by atoms with E-state index in [1.807, 2.05) is 0 Å². The molecular weight excluding hydrogens is 275 g/mol. The molecule has 6 heteroatoms. The molecule has 1 aliphatic heterocycles. The minimum atomic E-state index is -0.591. The highest BCUT2D eigenvalue weighted by molar-refractivity contribution is 6.01. The first-order chi connectivity index (χ1) is 9.92.